The molecule has 0 heterocycles. The lowest BCUT2D eigenvalue weighted by Gasteiger charge is -2.03. The van der Waals surface area contributed by atoms with Crippen molar-refractivity contribution in [1.29, 1.82) is 0 Å². The summed E-state index contributed by atoms with van der Waals surface area (Å²) < 4.78 is 0. The summed E-state index contributed by atoms with van der Waals surface area (Å²) in [4.78, 5) is 14.9. The molecule has 64 valence electrons. The molecule has 0 rings (SSSR count). The van der Waals surface area contributed by atoms with Crippen LogP contribution in [0.15, 0.2) is 5.16 Å². The molecule has 0 aliphatic heterocycles. The fourth-order valence-corrected chi connectivity index (χ4v) is 0.279. The maximum absolute atomic E-state index is 10.2. The van der Waals surface area contributed by atoms with E-state index in [4.69, 9.17) is 5.11 Å². The Hall–Kier alpha value is -1.06. The number of rotatable bonds is 4. The number of carbonyl (C=O) groups is 1. The smallest absolute Gasteiger partial charge is 0.347 e. The average Bonchev–Trinajstić information content (AvgIpc) is 1.99. The number of oxime groups is 1. The standard InChI is InChI=1S/C7H13NO3/c1-4-5(2)8-11-6(3)7(9)10/h6H,4H2,1-3H3,(H,9,10). The Balaban J connectivity index is 3.78. The minimum atomic E-state index is -1.00. The lowest BCUT2D eigenvalue weighted by Crippen LogP contribution is -2.17. The number of hydrogen-bond acceptors (Lipinski definition) is 3. The molecule has 0 spiro atoms. The zero-order chi connectivity index (χ0) is 8.85. The summed E-state index contributed by atoms with van der Waals surface area (Å²) in [6.07, 6.45) is -0.0942. The maximum atomic E-state index is 10.2. The SMILES string of the molecule is CCC(C)=NOC(C)C(=O)O. The molecule has 0 aromatic rings. The molecule has 1 atom stereocenters. The Morgan fingerprint density at radius 3 is 2.64 bits per heavy atom. The molecule has 0 aromatic heterocycles. The van der Waals surface area contributed by atoms with Gasteiger partial charge in [-0.2, -0.15) is 0 Å². The fourth-order valence-electron chi connectivity index (χ4n) is 0.279. The van der Waals surface area contributed by atoms with Gasteiger partial charge in [0, 0.05) is 0 Å². The molecule has 0 fully saturated rings. The minimum Gasteiger partial charge on any atom is -0.478 e. The molecule has 1 N–H and O–H groups in total. The Kier molecular flexibility index (Phi) is 4.26. The van der Waals surface area contributed by atoms with Crippen molar-refractivity contribution in [3.63, 3.8) is 0 Å². The first-order chi connectivity index (χ1) is 5.07. The van der Waals surface area contributed by atoms with Gasteiger partial charge in [0.25, 0.3) is 0 Å². The van der Waals surface area contributed by atoms with Crippen molar-refractivity contribution in [3.05, 3.63) is 0 Å². The molecule has 0 aliphatic carbocycles. The van der Waals surface area contributed by atoms with Gasteiger partial charge in [0.1, 0.15) is 0 Å². The normalized spacial score (nSPS) is 14.3. The van der Waals surface area contributed by atoms with Crippen LogP contribution < -0.4 is 0 Å². The van der Waals surface area contributed by atoms with E-state index in [1.165, 1.54) is 6.92 Å². The average molecular weight is 159 g/mol. The van der Waals surface area contributed by atoms with Gasteiger partial charge in [-0.1, -0.05) is 12.1 Å². The first-order valence-electron chi connectivity index (χ1n) is 3.50. The lowest BCUT2D eigenvalue weighted by atomic mass is 10.3. The summed E-state index contributed by atoms with van der Waals surface area (Å²) in [6, 6.07) is 0. The highest BCUT2D eigenvalue weighted by atomic mass is 16.6. The molecule has 0 bridgehead atoms. The van der Waals surface area contributed by atoms with Crippen LogP contribution in [0.1, 0.15) is 27.2 Å². The molecule has 4 nitrogen and oxygen atoms in total. The van der Waals surface area contributed by atoms with Crippen LogP contribution in [-0.2, 0) is 9.63 Å². The second-order valence-corrected chi connectivity index (χ2v) is 2.27. The first-order valence-corrected chi connectivity index (χ1v) is 3.50. The highest BCUT2D eigenvalue weighted by Gasteiger charge is 2.10. The van der Waals surface area contributed by atoms with Gasteiger partial charge < -0.3 is 9.94 Å². The zero-order valence-electron chi connectivity index (χ0n) is 7.00. The van der Waals surface area contributed by atoms with E-state index in [1.807, 2.05) is 6.92 Å². The van der Waals surface area contributed by atoms with E-state index in [9.17, 15) is 4.79 Å². The van der Waals surface area contributed by atoms with E-state index in [1.54, 1.807) is 6.92 Å². The highest BCUT2D eigenvalue weighted by Crippen LogP contribution is 1.93. The van der Waals surface area contributed by atoms with Crippen LogP contribution in [-0.4, -0.2) is 22.9 Å². The molecule has 1 unspecified atom stereocenters. The molecular weight excluding hydrogens is 146 g/mol. The summed E-state index contributed by atoms with van der Waals surface area (Å²) in [5, 5.41) is 12.0. The largest absolute Gasteiger partial charge is 0.478 e. The molecule has 0 aliphatic rings. The predicted molar refractivity (Wildman–Crippen MR) is 41.6 cm³/mol. The molecule has 0 saturated carbocycles. The molecule has 0 aromatic carbocycles. The zero-order valence-corrected chi connectivity index (χ0v) is 7.00. The van der Waals surface area contributed by atoms with Gasteiger partial charge in [-0.05, 0) is 20.3 Å². The van der Waals surface area contributed by atoms with Gasteiger partial charge in [0.2, 0.25) is 6.10 Å². The number of carboxylic acids is 1. The third-order valence-electron chi connectivity index (χ3n) is 1.23. The molecule has 0 radical (unpaired) electrons. The third kappa shape index (κ3) is 4.36. The van der Waals surface area contributed by atoms with Crippen molar-refractivity contribution >= 4 is 11.7 Å². The van der Waals surface area contributed by atoms with Crippen molar-refractivity contribution in [2.45, 2.75) is 33.3 Å². The number of aliphatic carboxylic acids is 1. The molecule has 0 saturated heterocycles. The summed E-state index contributed by atoms with van der Waals surface area (Å²) in [5.41, 5.74) is 0.790. The van der Waals surface area contributed by atoms with Crippen LogP contribution in [0.4, 0.5) is 0 Å². The van der Waals surface area contributed by atoms with Crippen LogP contribution in [0.3, 0.4) is 0 Å². The third-order valence-corrected chi connectivity index (χ3v) is 1.23. The Labute approximate surface area is 65.8 Å². The van der Waals surface area contributed by atoms with Gasteiger partial charge >= 0.3 is 5.97 Å². The van der Waals surface area contributed by atoms with Crippen molar-refractivity contribution in [2.75, 3.05) is 0 Å². The van der Waals surface area contributed by atoms with Gasteiger partial charge in [-0.3, -0.25) is 0 Å². The van der Waals surface area contributed by atoms with Crippen LogP contribution in [0, 0.1) is 0 Å². The van der Waals surface area contributed by atoms with E-state index >= 15 is 0 Å². The van der Waals surface area contributed by atoms with Crippen molar-refractivity contribution < 1.29 is 14.7 Å². The van der Waals surface area contributed by atoms with Gasteiger partial charge in [-0.25, -0.2) is 4.79 Å². The van der Waals surface area contributed by atoms with Crippen LogP contribution in [0.5, 0.6) is 0 Å². The van der Waals surface area contributed by atoms with Crippen molar-refractivity contribution in [2.24, 2.45) is 5.16 Å². The maximum Gasteiger partial charge on any atom is 0.347 e. The van der Waals surface area contributed by atoms with Crippen LogP contribution in [0.25, 0.3) is 0 Å². The van der Waals surface area contributed by atoms with E-state index in [0.717, 1.165) is 12.1 Å². The second-order valence-electron chi connectivity index (χ2n) is 2.27. The minimum absolute atomic E-state index is 0.770. The molecule has 4 heteroatoms. The van der Waals surface area contributed by atoms with Gasteiger partial charge in [0.05, 0.1) is 5.71 Å². The molecular formula is C7H13NO3. The quantitative estimate of drug-likeness (QED) is 0.496. The van der Waals surface area contributed by atoms with E-state index in [2.05, 4.69) is 9.99 Å². The summed E-state index contributed by atoms with van der Waals surface area (Å²) in [5.74, 6) is -1.00. The predicted octanol–water partition coefficient (Wildman–Crippen LogP) is 1.26. The summed E-state index contributed by atoms with van der Waals surface area (Å²) in [6.45, 7) is 5.15. The fraction of sp³-hybridized carbons (Fsp3) is 0.714. The Morgan fingerprint density at radius 2 is 2.27 bits per heavy atom. The van der Waals surface area contributed by atoms with E-state index in [0.29, 0.717) is 0 Å². The van der Waals surface area contributed by atoms with E-state index < -0.39 is 12.1 Å². The highest BCUT2D eigenvalue weighted by molar-refractivity contribution is 5.81. The summed E-state index contributed by atoms with van der Waals surface area (Å²) in [7, 11) is 0. The monoisotopic (exact) mass is 159 g/mol. The first kappa shape index (κ1) is 9.94. The van der Waals surface area contributed by atoms with E-state index in [-0.39, 0.29) is 0 Å². The number of nitrogens with zero attached hydrogens (tertiary/aromatic N) is 1. The Morgan fingerprint density at radius 1 is 1.73 bits per heavy atom. The summed E-state index contributed by atoms with van der Waals surface area (Å²) >= 11 is 0. The van der Waals surface area contributed by atoms with Gasteiger partial charge in [-0.15, -0.1) is 0 Å². The van der Waals surface area contributed by atoms with Crippen molar-refractivity contribution in [3.8, 4) is 0 Å². The number of hydrogen-bond donors (Lipinski definition) is 1. The van der Waals surface area contributed by atoms with Crippen LogP contribution in [0.2, 0.25) is 0 Å². The van der Waals surface area contributed by atoms with Gasteiger partial charge in [0.15, 0.2) is 0 Å². The Bertz CT molecular complexity index is 165. The topological polar surface area (TPSA) is 58.9 Å². The van der Waals surface area contributed by atoms with Crippen LogP contribution >= 0.6 is 0 Å². The molecule has 11 heavy (non-hydrogen) atoms. The van der Waals surface area contributed by atoms with Crippen molar-refractivity contribution in [1.82, 2.24) is 0 Å². The molecule has 0 amide bonds. The second kappa shape index (κ2) is 4.71. The number of carboxylic acid groups (broad SMARTS) is 1. The lowest BCUT2D eigenvalue weighted by molar-refractivity contribution is -0.149.